The van der Waals surface area contributed by atoms with Crippen molar-refractivity contribution < 1.29 is 14.9 Å². The summed E-state index contributed by atoms with van der Waals surface area (Å²) in [6.45, 7) is 12.6. The fourth-order valence-corrected chi connectivity index (χ4v) is 5.89. The van der Waals surface area contributed by atoms with Gasteiger partial charge in [-0.2, -0.15) is 0 Å². The maximum Gasteiger partial charge on any atom is 0.216 e. The van der Waals surface area contributed by atoms with Gasteiger partial charge in [0.05, 0.1) is 11.8 Å². The molecule has 188 valence electrons. The first kappa shape index (κ1) is 26.2. The monoisotopic (exact) mass is 456 g/mol. The van der Waals surface area contributed by atoms with Crippen molar-refractivity contribution in [1.29, 1.82) is 0 Å². The van der Waals surface area contributed by atoms with Gasteiger partial charge in [-0.05, 0) is 70.6 Å². The van der Waals surface area contributed by atoms with Gasteiger partial charge in [0.25, 0.3) is 0 Å². The Hall–Kier alpha value is -0.360. The highest BCUT2D eigenvalue weighted by Gasteiger charge is 2.48. The van der Waals surface area contributed by atoms with Gasteiger partial charge in [0, 0.05) is 37.8 Å². The van der Waals surface area contributed by atoms with E-state index in [4.69, 9.17) is 16.3 Å². The molecule has 0 radical (unpaired) electrons. The standard InChI is InChI=1S/C23H48N6O3/c1-6-18-26-13-15-7-8-17(14(2)21(24)30)20(19(15)27-18)29(25)16-9-11-28(12-10-16)22(31)32-23(3,4)5/h14-22,26-27,30-31H,6-13,24-25H2,1-5H3. The molecule has 8 N–H and O–H groups in total. The van der Waals surface area contributed by atoms with E-state index in [1.165, 1.54) is 0 Å². The Morgan fingerprint density at radius 2 is 1.81 bits per heavy atom. The Kier molecular flexibility index (Phi) is 8.96. The van der Waals surface area contributed by atoms with E-state index in [0.29, 0.717) is 5.92 Å². The molecule has 0 amide bonds. The van der Waals surface area contributed by atoms with Crippen molar-refractivity contribution in [2.45, 2.75) is 109 Å². The van der Waals surface area contributed by atoms with Crippen molar-refractivity contribution >= 4 is 0 Å². The van der Waals surface area contributed by atoms with E-state index in [-0.39, 0.29) is 36.1 Å². The molecule has 3 rings (SSSR count). The summed E-state index contributed by atoms with van der Waals surface area (Å²) in [5.41, 5.74) is 5.55. The summed E-state index contributed by atoms with van der Waals surface area (Å²) in [7, 11) is 0. The molecule has 1 saturated carbocycles. The van der Waals surface area contributed by atoms with Crippen molar-refractivity contribution in [1.82, 2.24) is 20.5 Å². The Morgan fingerprint density at radius 3 is 2.38 bits per heavy atom. The lowest BCUT2D eigenvalue weighted by atomic mass is 9.68. The van der Waals surface area contributed by atoms with Crippen LogP contribution in [0.2, 0.25) is 0 Å². The van der Waals surface area contributed by atoms with Gasteiger partial charge in [-0.15, -0.1) is 0 Å². The number of aliphatic hydroxyl groups is 2. The fraction of sp³-hybridized carbons (Fsp3) is 1.00. The largest absolute Gasteiger partial charge is 0.379 e. The average Bonchev–Trinajstić information content (AvgIpc) is 2.75. The molecule has 9 heteroatoms. The van der Waals surface area contributed by atoms with Gasteiger partial charge in [0.2, 0.25) is 6.41 Å². The number of nitrogens with two attached hydrogens (primary N) is 2. The minimum absolute atomic E-state index is 0.0224. The normalized spacial score (nSPS) is 36.0. The van der Waals surface area contributed by atoms with Gasteiger partial charge in [0.1, 0.15) is 6.23 Å². The maximum atomic E-state index is 10.5. The SMILES string of the molecule is CCC1NCC2CCC(C(C)C(N)O)C(N(N)C3CCN(C(O)OC(C)(C)C)CC3)C2N1. The number of hydrogen-bond acceptors (Lipinski definition) is 9. The van der Waals surface area contributed by atoms with E-state index >= 15 is 0 Å². The zero-order chi connectivity index (χ0) is 23.6. The van der Waals surface area contributed by atoms with Crippen LogP contribution in [0.15, 0.2) is 0 Å². The lowest BCUT2D eigenvalue weighted by Gasteiger charge is -2.54. The summed E-state index contributed by atoms with van der Waals surface area (Å²) < 4.78 is 5.74. The molecule has 32 heavy (non-hydrogen) atoms. The molecule has 0 spiro atoms. The second kappa shape index (κ2) is 10.9. The van der Waals surface area contributed by atoms with Crippen molar-refractivity contribution in [2.24, 2.45) is 29.3 Å². The molecule has 9 nitrogen and oxygen atoms in total. The number of nitrogens with zero attached hydrogens (tertiary/aromatic N) is 2. The summed E-state index contributed by atoms with van der Waals surface area (Å²) in [6.07, 6.45) is 3.45. The topological polar surface area (TPSA) is 132 Å². The molecule has 0 aromatic carbocycles. The van der Waals surface area contributed by atoms with Gasteiger partial charge < -0.3 is 26.0 Å². The van der Waals surface area contributed by atoms with Crippen LogP contribution in [0.25, 0.3) is 0 Å². The van der Waals surface area contributed by atoms with Crippen molar-refractivity contribution in [2.75, 3.05) is 19.6 Å². The van der Waals surface area contributed by atoms with Crippen LogP contribution < -0.4 is 22.2 Å². The third-order valence-electron chi connectivity index (χ3n) is 7.86. The summed E-state index contributed by atoms with van der Waals surface area (Å²) in [4.78, 5) is 1.99. The summed E-state index contributed by atoms with van der Waals surface area (Å²) in [6, 6.07) is 0.614. The third kappa shape index (κ3) is 6.20. The number of likely N-dealkylation sites (tertiary alicyclic amines) is 1. The molecule has 8 unspecified atom stereocenters. The smallest absolute Gasteiger partial charge is 0.216 e. The summed E-state index contributed by atoms with van der Waals surface area (Å²) in [5.74, 6) is 7.64. The molecule has 0 aromatic rings. The van der Waals surface area contributed by atoms with Crippen LogP contribution in [0.5, 0.6) is 0 Å². The molecule has 1 aliphatic carbocycles. The Morgan fingerprint density at radius 1 is 1.16 bits per heavy atom. The van der Waals surface area contributed by atoms with Gasteiger partial charge in [-0.1, -0.05) is 13.8 Å². The van der Waals surface area contributed by atoms with Crippen LogP contribution in [0.4, 0.5) is 0 Å². The fourth-order valence-electron chi connectivity index (χ4n) is 5.89. The van der Waals surface area contributed by atoms with E-state index in [1.54, 1.807) is 0 Å². The molecular weight excluding hydrogens is 408 g/mol. The zero-order valence-corrected chi connectivity index (χ0v) is 20.7. The first-order valence-corrected chi connectivity index (χ1v) is 12.6. The van der Waals surface area contributed by atoms with Crippen molar-refractivity contribution in [3.05, 3.63) is 0 Å². The van der Waals surface area contributed by atoms with E-state index in [0.717, 1.165) is 51.7 Å². The summed E-state index contributed by atoms with van der Waals surface area (Å²) in [5, 5.41) is 30.2. The van der Waals surface area contributed by atoms with Crippen LogP contribution in [-0.2, 0) is 4.74 Å². The lowest BCUT2D eigenvalue weighted by molar-refractivity contribution is -0.244. The zero-order valence-electron chi connectivity index (χ0n) is 20.7. The predicted molar refractivity (Wildman–Crippen MR) is 126 cm³/mol. The number of ether oxygens (including phenoxy) is 1. The molecule has 0 aromatic heterocycles. The third-order valence-corrected chi connectivity index (χ3v) is 7.86. The number of hydrogen-bond donors (Lipinski definition) is 6. The van der Waals surface area contributed by atoms with Crippen LogP contribution in [0.1, 0.15) is 66.7 Å². The molecule has 3 aliphatic rings. The Bertz CT molecular complexity index is 581. The average molecular weight is 457 g/mol. The number of piperidine rings is 1. The van der Waals surface area contributed by atoms with Gasteiger partial charge in [-0.3, -0.25) is 16.1 Å². The number of fused-ring (bicyclic) bond motifs is 1. The van der Waals surface area contributed by atoms with E-state index in [9.17, 15) is 10.2 Å². The van der Waals surface area contributed by atoms with Gasteiger partial charge >= 0.3 is 0 Å². The van der Waals surface area contributed by atoms with Crippen LogP contribution in [-0.4, -0.2) is 82.3 Å². The minimum Gasteiger partial charge on any atom is -0.379 e. The number of hydrazine groups is 1. The Balaban J connectivity index is 1.71. The van der Waals surface area contributed by atoms with E-state index in [1.807, 2.05) is 25.7 Å². The lowest BCUT2D eigenvalue weighted by Crippen LogP contribution is -2.71. The molecule has 3 fully saturated rings. The Labute approximate surface area is 194 Å². The highest BCUT2D eigenvalue weighted by molar-refractivity contribution is 5.03. The first-order chi connectivity index (χ1) is 15.0. The molecule has 2 heterocycles. The van der Waals surface area contributed by atoms with Gasteiger partial charge in [-0.25, -0.2) is 5.01 Å². The molecule has 2 aliphatic heterocycles. The number of rotatable bonds is 7. The van der Waals surface area contributed by atoms with Crippen molar-refractivity contribution in [3.8, 4) is 0 Å². The minimum atomic E-state index is -0.891. The van der Waals surface area contributed by atoms with Crippen LogP contribution >= 0.6 is 0 Å². The highest BCUT2D eigenvalue weighted by atomic mass is 16.6. The first-order valence-electron chi connectivity index (χ1n) is 12.6. The maximum absolute atomic E-state index is 10.5. The molecule has 8 atom stereocenters. The second-order valence-corrected chi connectivity index (χ2v) is 11.2. The van der Waals surface area contributed by atoms with E-state index in [2.05, 4.69) is 29.5 Å². The number of nitrogens with one attached hydrogen (secondary N) is 2. The molecule has 2 saturated heterocycles. The van der Waals surface area contributed by atoms with Crippen LogP contribution in [0, 0.1) is 17.8 Å². The predicted octanol–water partition coefficient (Wildman–Crippen LogP) is 0.323. The second-order valence-electron chi connectivity index (χ2n) is 11.2. The van der Waals surface area contributed by atoms with Crippen molar-refractivity contribution in [3.63, 3.8) is 0 Å². The number of aliphatic hydroxyl groups excluding tert-OH is 2. The van der Waals surface area contributed by atoms with E-state index < -0.39 is 18.2 Å². The summed E-state index contributed by atoms with van der Waals surface area (Å²) >= 11 is 0. The molecular formula is C23H48N6O3. The van der Waals surface area contributed by atoms with Crippen LogP contribution in [0.3, 0.4) is 0 Å². The molecule has 0 bridgehead atoms. The van der Waals surface area contributed by atoms with Gasteiger partial charge in [0.15, 0.2) is 0 Å². The highest BCUT2D eigenvalue weighted by Crippen LogP contribution is 2.39. The quantitative estimate of drug-likeness (QED) is 0.182.